The molecule has 1 aliphatic rings. The number of piperidine rings is 1. The first-order valence-corrected chi connectivity index (χ1v) is 11.0. The van der Waals surface area contributed by atoms with Crippen molar-refractivity contribution in [1.82, 2.24) is 10.2 Å². The van der Waals surface area contributed by atoms with Crippen molar-refractivity contribution in [2.24, 2.45) is 11.8 Å². The minimum absolute atomic E-state index is 0.145. The first-order valence-electron chi connectivity index (χ1n) is 9.28. The van der Waals surface area contributed by atoms with E-state index in [-0.39, 0.29) is 48.9 Å². The number of thiophene rings is 2. The molecule has 1 fully saturated rings. The average Bonchev–Trinajstić information content (AvgIpc) is 3.38. The van der Waals surface area contributed by atoms with E-state index in [2.05, 4.69) is 5.32 Å². The molecule has 0 aromatic carbocycles. The smallest absolute Gasteiger partial charge is 0.325 e. The van der Waals surface area contributed by atoms with Crippen LogP contribution in [0.2, 0.25) is 0 Å². The Labute approximate surface area is 172 Å². The van der Waals surface area contributed by atoms with Crippen LogP contribution in [0.4, 0.5) is 4.79 Å². The number of hydrogen-bond acceptors (Lipinski definition) is 6. The summed E-state index contributed by atoms with van der Waals surface area (Å²) in [5, 5.41) is 6.57. The van der Waals surface area contributed by atoms with Crippen molar-refractivity contribution >= 4 is 40.5 Å². The predicted octanol–water partition coefficient (Wildman–Crippen LogP) is 4.02. The number of carbonyl (C=O) groups is 3. The van der Waals surface area contributed by atoms with Crippen LogP contribution >= 0.6 is 22.7 Å². The summed E-state index contributed by atoms with van der Waals surface area (Å²) in [4.78, 5) is 41.6. The van der Waals surface area contributed by atoms with E-state index in [1.807, 2.05) is 48.9 Å². The van der Waals surface area contributed by atoms with E-state index in [0.29, 0.717) is 0 Å². The lowest BCUT2D eigenvalue weighted by atomic mass is 9.78. The van der Waals surface area contributed by atoms with Crippen molar-refractivity contribution in [3.63, 3.8) is 0 Å². The second-order valence-corrected chi connectivity index (χ2v) is 8.73. The van der Waals surface area contributed by atoms with Gasteiger partial charge in [0.05, 0.1) is 18.7 Å². The molecule has 4 unspecified atom stereocenters. The quantitative estimate of drug-likeness (QED) is 0.741. The Balaban J connectivity index is 1.97. The summed E-state index contributed by atoms with van der Waals surface area (Å²) in [6, 6.07) is 6.62. The van der Waals surface area contributed by atoms with Gasteiger partial charge in [0.1, 0.15) is 12.3 Å². The van der Waals surface area contributed by atoms with Crippen LogP contribution in [0, 0.1) is 11.8 Å². The average molecular weight is 421 g/mol. The van der Waals surface area contributed by atoms with E-state index >= 15 is 0 Å². The van der Waals surface area contributed by atoms with Crippen LogP contribution < -0.4 is 5.32 Å². The number of ketones is 1. The second-order valence-electron chi connectivity index (χ2n) is 6.77. The van der Waals surface area contributed by atoms with E-state index in [1.165, 1.54) is 22.7 Å². The standard InChI is InChI=1S/C20H24N2O4S2/c1-4-26-16(23)11-21-20(25)22-17(14-7-5-9-27-14)12(2)19(24)13(3)18(22)15-8-6-10-28-15/h5-10,12-13,17-18H,4,11H2,1-3H3,(H,21,25). The molecule has 2 aromatic rings. The van der Waals surface area contributed by atoms with Crippen molar-refractivity contribution in [1.29, 1.82) is 0 Å². The molecular formula is C20H24N2O4S2. The molecule has 2 aromatic heterocycles. The van der Waals surface area contributed by atoms with E-state index < -0.39 is 5.97 Å². The highest BCUT2D eigenvalue weighted by atomic mass is 32.1. The summed E-state index contributed by atoms with van der Waals surface area (Å²) in [6.45, 7) is 5.53. The van der Waals surface area contributed by atoms with Gasteiger partial charge in [-0.05, 0) is 29.8 Å². The Kier molecular flexibility index (Phi) is 6.51. The van der Waals surface area contributed by atoms with Gasteiger partial charge in [-0.25, -0.2) is 4.79 Å². The fraction of sp³-hybridized carbons (Fsp3) is 0.450. The van der Waals surface area contributed by atoms with Crippen molar-refractivity contribution in [2.45, 2.75) is 32.9 Å². The number of ether oxygens (including phenoxy) is 1. The van der Waals surface area contributed by atoms with Crippen LogP contribution in [0.3, 0.4) is 0 Å². The van der Waals surface area contributed by atoms with Crippen LogP contribution in [-0.4, -0.2) is 35.8 Å². The highest BCUT2D eigenvalue weighted by molar-refractivity contribution is 7.10. The summed E-state index contributed by atoms with van der Waals surface area (Å²) >= 11 is 3.05. The maximum Gasteiger partial charge on any atom is 0.325 e. The van der Waals surface area contributed by atoms with Crippen LogP contribution in [0.5, 0.6) is 0 Å². The fourth-order valence-corrected chi connectivity index (χ4v) is 5.63. The highest BCUT2D eigenvalue weighted by Crippen LogP contribution is 2.47. The second kappa shape index (κ2) is 8.87. The van der Waals surface area contributed by atoms with Crippen LogP contribution in [0.15, 0.2) is 35.0 Å². The molecule has 1 saturated heterocycles. The minimum Gasteiger partial charge on any atom is -0.465 e. The zero-order valence-corrected chi connectivity index (χ0v) is 17.7. The Bertz CT molecular complexity index is 769. The summed E-state index contributed by atoms with van der Waals surface area (Å²) < 4.78 is 4.91. The van der Waals surface area contributed by atoms with E-state index in [4.69, 9.17) is 4.74 Å². The van der Waals surface area contributed by atoms with Gasteiger partial charge < -0.3 is 15.0 Å². The summed E-state index contributed by atoms with van der Waals surface area (Å²) in [7, 11) is 0. The van der Waals surface area contributed by atoms with Crippen molar-refractivity contribution in [3.05, 3.63) is 44.8 Å². The maximum absolute atomic E-state index is 13.2. The number of likely N-dealkylation sites (tertiary alicyclic amines) is 1. The number of urea groups is 1. The molecule has 1 aliphatic heterocycles. The third-order valence-electron chi connectivity index (χ3n) is 5.04. The van der Waals surface area contributed by atoms with Crippen molar-refractivity contribution < 1.29 is 19.1 Å². The molecule has 6 nitrogen and oxygen atoms in total. The van der Waals surface area contributed by atoms with Gasteiger partial charge in [0.15, 0.2) is 0 Å². The predicted molar refractivity (Wildman–Crippen MR) is 109 cm³/mol. The number of nitrogens with zero attached hydrogens (tertiary/aromatic N) is 1. The van der Waals surface area contributed by atoms with Crippen LogP contribution in [0.1, 0.15) is 42.6 Å². The number of esters is 1. The minimum atomic E-state index is -0.481. The fourth-order valence-electron chi connectivity index (χ4n) is 3.77. The van der Waals surface area contributed by atoms with Crippen molar-refractivity contribution in [2.75, 3.05) is 13.2 Å². The molecule has 3 rings (SSSR count). The molecular weight excluding hydrogens is 396 g/mol. The van der Waals surface area contributed by atoms with Crippen LogP contribution in [0.25, 0.3) is 0 Å². The lowest BCUT2D eigenvalue weighted by Gasteiger charge is -2.47. The van der Waals surface area contributed by atoms with Gasteiger partial charge in [-0.3, -0.25) is 9.59 Å². The Morgan fingerprint density at radius 2 is 1.61 bits per heavy atom. The number of rotatable bonds is 5. The van der Waals surface area contributed by atoms with E-state index in [1.54, 1.807) is 11.8 Å². The molecule has 0 aliphatic carbocycles. The Morgan fingerprint density at radius 1 is 1.07 bits per heavy atom. The zero-order chi connectivity index (χ0) is 20.3. The monoisotopic (exact) mass is 420 g/mol. The van der Waals surface area contributed by atoms with E-state index in [9.17, 15) is 14.4 Å². The Morgan fingerprint density at radius 3 is 2.04 bits per heavy atom. The van der Waals surface area contributed by atoms with Gasteiger partial charge in [0.2, 0.25) is 0 Å². The number of hydrogen-bond donors (Lipinski definition) is 1. The highest BCUT2D eigenvalue weighted by Gasteiger charge is 2.48. The molecule has 2 amide bonds. The molecule has 150 valence electrons. The maximum atomic E-state index is 13.2. The van der Waals surface area contributed by atoms with Gasteiger partial charge in [0.25, 0.3) is 0 Å². The number of Topliss-reactive ketones (excluding diaryl/α,β-unsaturated/α-hetero) is 1. The molecule has 1 N–H and O–H groups in total. The lowest BCUT2D eigenvalue weighted by Crippen LogP contribution is -2.54. The zero-order valence-electron chi connectivity index (χ0n) is 16.1. The number of amides is 2. The summed E-state index contributed by atoms with van der Waals surface area (Å²) in [5.74, 6) is -1.01. The molecule has 3 heterocycles. The number of carbonyl (C=O) groups excluding carboxylic acids is 3. The van der Waals surface area contributed by atoms with E-state index in [0.717, 1.165) is 9.75 Å². The summed E-state index contributed by atoms with van der Waals surface area (Å²) in [5.41, 5.74) is 0. The van der Waals surface area contributed by atoms with Crippen molar-refractivity contribution in [3.8, 4) is 0 Å². The Hall–Kier alpha value is -2.19. The molecule has 0 spiro atoms. The molecule has 28 heavy (non-hydrogen) atoms. The van der Waals surface area contributed by atoms with Gasteiger partial charge >= 0.3 is 12.0 Å². The first-order chi connectivity index (χ1) is 13.5. The first kappa shape index (κ1) is 20.5. The summed E-state index contributed by atoms with van der Waals surface area (Å²) in [6.07, 6.45) is 0. The van der Waals surface area contributed by atoms with Gasteiger partial charge in [-0.2, -0.15) is 0 Å². The lowest BCUT2D eigenvalue weighted by molar-refractivity contribution is -0.142. The third-order valence-corrected chi connectivity index (χ3v) is 6.92. The largest absolute Gasteiger partial charge is 0.465 e. The molecule has 0 bridgehead atoms. The molecule has 4 atom stereocenters. The van der Waals surface area contributed by atoms with Gasteiger partial charge in [-0.15, -0.1) is 22.7 Å². The molecule has 0 saturated carbocycles. The normalized spacial score (nSPS) is 24.8. The van der Waals surface area contributed by atoms with Gasteiger partial charge in [-0.1, -0.05) is 26.0 Å². The SMILES string of the molecule is CCOC(=O)CNC(=O)N1C(c2cccs2)C(C)C(=O)C(C)C1c1cccs1. The topological polar surface area (TPSA) is 75.7 Å². The van der Waals surface area contributed by atoms with Gasteiger partial charge in [0, 0.05) is 21.6 Å². The molecule has 8 heteroatoms. The number of nitrogens with one attached hydrogen (secondary N) is 1. The molecule has 0 radical (unpaired) electrons. The van der Waals surface area contributed by atoms with Crippen LogP contribution in [-0.2, 0) is 14.3 Å². The third kappa shape index (κ3) is 3.98.